The minimum atomic E-state index is -1.16. The minimum Gasteiger partial charge on any atom is -0.486 e. The second-order valence-corrected chi connectivity index (χ2v) is 7.78. The lowest BCUT2D eigenvalue weighted by atomic mass is 9.83. The van der Waals surface area contributed by atoms with E-state index in [4.69, 9.17) is 9.47 Å². The van der Waals surface area contributed by atoms with E-state index in [1.54, 1.807) is 0 Å². The first-order chi connectivity index (χ1) is 15.2. The van der Waals surface area contributed by atoms with Gasteiger partial charge in [-0.05, 0) is 23.3 Å². The van der Waals surface area contributed by atoms with Crippen LogP contribution in [0.3, 0.4) is 0 Å². The number of amides is 3. The fraction of sp³-hybridized carbons (Fsp3) is 0.200. The Bertz CT molecular complexity index is 1100. The normalized spacial score (nSPS) is 22.3. The zero-order valence-corrected chi connectivity index (χ0v) is 16.9. The molecule has 1 saturated heterocycles. The Morgan fingerprint density at radius 2 is 1.52 bits per heavy atom. The third kappa shape index (κ3) is 3.50. The number of nitrogens with one attached hydrogen (secondary N) is 1. The van der Waals surface area contributed by atoms with Gasteiger partial charge in [0.1, 0.15) is 6.61 Å². The molecule has 6 heteroatoms. The van der Waals surface area contributed by atoms with Crippen molar-refractivity contribution >= 4 is 11.9 Å². The predicted octanol–water partition coefficient (Wildman–Crippen LogP) is 3.52. The maximum absolute atomic E-state index is 13.7. The molecule has 156 valence electrons. The molecule has 2 heterocycles. The first kappa shape index (κ1) is 19.2. The van der Waals surface area contributed by atoms with Crippen molar-refractivity contribution < 1.29 is 19.1 Å². The van der Waals surface area contributed by atoms with Crippen molar-refractivity contribution in [3.8, 4) is 11.5 Å². The monoisotopic (exact) mass is 414 g/mol. The average molecular weight is 414 g/mol. The summed E-state index contributed by atoms with van der Waals surface area (Å²) in [5.41, 5.74) is 0.562. The van der Waals surface area contributed by atoms with E-state index in [1.807, 2.05) is 84.9 Å². The van der Waals surface area contributed by atoms with Crippen LogP contribution < -0.4 is 14.8 Å². The molecular weight excluding hydrogens is 392 g/mol. The molecule has 0 aromatic heterocycles. The topological polar surface area (TPSA) is 67.9 Å². The Labute approximate surface area is 180 Å². The second kappa shape index (κ2) is 7.80. The van der Waals surface area contributed by atoms with Crippen molar-refractivity contribution in [2.45, 2.75) is 18.1 Å². The molecule has 0 spiro atoms. The highest BCUT2D eigenvalue weighted by Gasteiger charge is 2.53. The van der Waals surface area contributed by atoms with Gasteiger partial charge < -0.3 is 14.8 Å². The summed E-state index contributed by atoms with van der Waals surface area (Å²) >= 11 is 0. The fourth-order valence-corrected chi connectivity index (χ4v) is 4.19. The SMILES string of the molecule is O=C1NC(Cc2ccccc2)(c2ccccc2)C(=O)N1CC1COc2ccccc2O1. The van der Waals surface area contributed by atoms with Crippen molar-refractivity contribution in [3.05, 3.63) is 96.1 Å². The van der Waals surface area contributed by atoms with Crippen LogP contribution in [0.2, 0.25) is 0 Å². The minimum absolute atomic E-state index is 0.113. The van der Waals surface area contributed by atoms with Crippen LogP contribution in [0.1, 0.15) is 11.1 Å². The standard InChI is InChI=1S/C25H22N2O4/c28-23-25(19-11-5-2-6-12-19,15-18-9-3-1-4-10-18)26-24(29)27(23)16-20-17-30-21-13-7-8-14-22(21)31-20/h1-14,20H,15-17H2,(H,26,29). The number of benzene rings is 3. The molecule has 1 fully saturated rings. The number of carbonyl (C=O) groups is 2. The molecule has 5 rings (SSSR count). The van der Waals surface area contributed by atoms with Gasteiger partial charge in [-0.1, -0.05) is 72.8 Å². The smallest absolute Gasteiger partial charge is 0.325 e. The highest BCUT2D eigenvalue weighted by molar-refractivity contribution is 6.07. The number of urea groups is 1. The van der Waals surface area contributed by atoms with Crippen molar-refractivity contribution in [1.82, 2.24) is 10.2 Å². The van der Waals surface area contributed by atoms with Gasteiger partial charge >= 0.3 is 6.03 Å². The van der Waals surface area contributed by atoms with Crippen LogP contribution in [0.15, 0.2) is 84.9 Å². The first-order valence-electron chi connectivity index (χ1n) is 10.3. The summed E-state index contributed by atoms with van der Waals surface area (Å²) in [5.74, 6) is 0.998. The Morgan fingerprint density at radius 1 is 0.871 bits per heavy atom. The quantitative estimate of drug-likeness (QED) is 0.649. The van der Waals surface area contributed by atoms with Crippen molar-refractivity contribution in [3.63, 3.8) is 0 Å². The molecule has 3 aromatic rings. The molecule has 0 bridgehead atoms. The summed E-state index contributed by atoms with van der Waals surface area (Å²) in [5, 5.41) is 2.98. The first-order valence-corrected chi connectivity index (χ1v) is 10.3. The van der Waals surface area contributed by atoms with E-state index < -0.39 is 17.7 Å². The molecule has 6 nitrogen and oxygen atoms in total. The van der Waals surface area contributed by atoms with Crippen LogP contribution in [0.4, 0.5) is 4.79 Å². The van der Waals surface area contributed by atoms with E-state index in [-0.39, 0.29) is 19.1 Å². The number of ether oxygens (including phenoxy) is 2. The van der Waals surface area contributed by atoms with E-state index in [0.717, 1.165) is 11.1 Å². The summed E-state index contributed by atoms with van der Waals surface area (Å²) in [6.07, 6.45) is -0.0723. The molecule has 2 aliphatic heterocycles. The molecule has 0 radical (unpaired) electrons. The lowest BCUT2D eigenvalue weighted by Gasteiger charge is -2.30. The number of para-hydroxylation sites is 2. The molecule has 31 heavy (non-hydrogen) atoms. The molecular formula is C25H22N2O4. The van der Waals surface area contributed by atoms with Gasteiger partial charge in [-0.3, -0.25) is 9.69 Å². The molecule has 2 unspecified atom stereocenters. The lowest BCUT2D eigenvalue weighted by Crippen LogP contribution is -2.47. The van der Waals surface area contributed by atoms with E-state index in [2.05, 4.69) is 5.32 Å². The summed E-state index contributed by atoms with van der Waals surface area (Å²) < 4.78 is 11.7. The van der Waals surface area contributed by atoms with Crippen LogP contribution in [0.5, 0.6) is 11.5 Å². The fourth-order valence-electron chi connectivity index (χ4n) is 4.19. The summed E-state index contributed by atoms with van der Waals surface area (Å²) in [7, 11) is 0. The van der Waals surface area contributed by atoms with Gasteiger partial charge in [0.05, 0.1) is 6.54 Å². The number of fused-ring (bicyclic) bond motifs is 1. The van der Waals surface area contributed by atoms with Crippen molar-refractivity contribution in [2.24, 2.45) is 0 Å². The van der Waals surface area contributed by atoms with Gasteiger partial charge in [-0.25, -0.2) is 4.79 Å². The van der Waals surface area contributed by atoms with Crippen LogP contribution in [-0.2, 0) is 16.8 Å². The molecule has 0 saturated carbocycles. The summed E-state index contributed by atoms with van der Waals surface area (Å²) in [6.45, 7) is 0.382. The zero-order valence-electron chi connectivity index (χ0n) is 16.9. The Kier molecular flexibility index (Phi) is 4.82. The number of rotatable bonds is 5. The molecule has 2 aliphatic rings. The van der Waals surface area contributed by atoms with E-state index in [9.17, 15) is 9.59 Å². The lowest BCUT2D eigenvalue weighted by molar-refractivity contribution is -0.132. The highest BCUT2D eigenvalue weighted by Crippen LogP contribution is 2.35. The zero-order chi connectivity index (χ0) is 21.3. The summed E-state index contributed by atoms with van der Waals surface area (Å²) in [4.78, 5) is 27.9. The predicted molar refractivity (Wildman–Crippen MR) is 115 cm³/mol. The van der Waals surface area contributed by atoms with E-state index in [0.29, 0.717) is 17.9 Å². The van der Waals surface area contributed by atoms with Gasteiger partial charge in [0.2, 0.25) is 0 Å². The van der Waals surface area contributed by atoms with Gasteiger partial charge in [-0.15, -0.1) is 0 Å². The van der Waals surface area contributed by atoms with Crippen LogP contribution in [0, 0.1) is 0 Å². The summed E-state index contributed by atoms with van der Waals surface area (Å²) in [6, 6.07) is 26.1. The molecule has 2 atom stereocenters. The number of hydrogen-bond donors (Lipinski definition) is 1. The number of hydrogen-bond acceptors (Lipinski definition) is 4. The largest absolute Gasteiger partial charge is 0.486 e. The van der Waals surface area contributed by atoms with Gasteiger partial charge in [0, 0.05) is 6.42 Å². The molecule has 3 aromatic carbocycles. The van der Waals surface area contributed by atoms with Gasteiger partial charge in [-0.2, -0.15) is 0 Å². The van der Waals surface area contributed by atoms with Crippen molar-refractivity contribution in [1.29, 1.82) is 0 Å². The average Bonchev–Trinajstić information content (AvgIpc) is 3.05. The molecule has 1 N–H and O–H groups in total. The number of carbonyl (C=O) groups excluding carboxylic acids is 2. The van der Waals surface area contributed by atoms with E-state index >= 15 is 0 Å². The third-order valence-corrected chi connectivity index (χ3v) is 5.71. The Hall–Kier alpha value is -3.80. The third-order valence-electron chi connectivity index (χ3n) is 5.71. The Balaban J connectivity index is 1.43. The maximum atomic E-state index is 13.7. The van der Waals surface area contributed by atoms with E-state index in [1.165, 1.54) is 4.90 Å². The molecule has 0 aliphatic carbocycles. The highest BCUT2D eigenvalue weighted by atomic mass is 16.6. The van der Waals surface area contributed by atoms with Crippen LogP contribution in [-0.4, -0.2) is 36.1 Å². The van der Waals surface area contributed by atoms with Gasteiger partial charge in [0.15, 0.2) is 23.1 Å². The maximum Gasteiger partial charge on any atom is 0.325 e. The number of imide groups is 1. The van der Waals surface area contributed by atoms with Crippen LogP contribution in [0.25, 0.3) is 0 Å². The van der Waals surface area contributed by atoms with Gasteiger partial charge in [0.25, 0.3) is 5.91 Å². The molecule has 3 amide bonds. The Morgan fingerprint density at radius 3 is 2.26 bits per heavy atom. The van der Waals surface area contributed by atoms with Crippen molar-refractivity contribution in [2.75, 3.05) is 13.2 Å². The van der Waals surface area contributed by atoms with Crippen LogP contribution >= 0.6 is 0 Å². The second-order valence-electron chi connectivity index (χ2n) is 7.78. The number of nitrogens with zero attached hydrogens (tertiary/aromatic N) is 1.